The van der Waals surface area contributed by atoms with Gasteiger partial charge < -0.3 is 44.4 Å². The standard InChI is InChI=1S/C90H81N3O9/c1-88(2,3)70-31-64-43-97-45-66-33-71(89(4,5)6)35-68(86(66)101-50-77(95)92-74-39-60-27-21-54-15-11-16-55-22-28-61(40-74)83(60)80(54)55)47-99-48-69-36-72(90(7,8)9)34-67(87(69)102-51-78(96)93-75-41-62-29-23-56-17-12-18-57-24-30-63(42-75)84(62)81(56)57)46-98-44-65(32-70)85(64)100-49-76(94)91-73-37-58-25-19-52-13-10-14-53-20-26-59(38-73)82(58)79(52)53/h10-42H,43-51H2,1-9H3,(H,91,94)(H,92,95)(H,93,96). The zero-order valence-corrected chi connectivity index (χ0v) is 59.1. The molecule has 15 aromatic carbocycles. The van der Waals surface area contributed by atoms with Gasteiger partial charge in [-0.1, -0.05) is 190 Å². The molecule has 15 aromatic rings. The molecule has 0 aliphatic carbocycles. The first-order valence-electron chi connectivity index (χ1n) is 35.1. The lowest BCUT2D eigenvalue weighted by Gasteiger charge is -2.26. The Balaban J connectivity index is 0.754. The van der Waals surface area contributed by atoms with Crippen LogP contribution in [0.5, 0.6) is 17.2 Å². The Morgan fingerprint density at radius 3 is 0.667 bits per heavy atom. The minimum atomic E-state index is -0.348. The van der Waals surface area contributed by atoms with E-state index in [-0.39, 0.29) is 93.4 Å². The third-order valence-corrected chi connectivity index (χ3v) is 20.2. The molecule has 12 heteroatoms. The van der Waals surface area contributed by atoms with E-state index in [0.29, 0.717) is 67.7 Å². The van der Waals surface area contributed by atoms with Crippen LogP contribution in [0.3, 0.4) is 0 Å². The maximum absolute atomic E-state index is 14.4. The van der Waals surface area contributed by atoms with Gasteiger partial charge in [-0.2, -0.15) is 0 Å². The normalized spacial score (nSPS) is 13.6. The fraction of sp³-hybridized carbons (Fsp3) is 0.233. The van der Waals surface area contributed by atoms with Crippen LogP contribution in [-0.2, 0) is 84.5 Å². The van der Waals surface area contributed by atoms with E-state index < -0.39 is 0 Å². The van der Waals surface area contributed by atoms with Gasteiger partial charge in [0.1, 0.15) is 17.2 Å². The van der Waals surface area contributed by atoms with E-state index in [2.05, 4.69) is 242 Å². The second-order valence-electron chi connectivity index (χ2n) is 30.6. The fourth-order valence-electron chi connectivity index (χ4n) is 15.1. The Bertz CT molecular complexity index is 4980. The lowest BCUT2D eigenvalue weighted by molar-refractivity contribution is -0.118. The number of amides is 3. The van der Waals surface area contributed by atoms with Crippen molar-refractivity contribution < 1.29 is 42.8 Å². The van der Waals surface area contributed by atoms with Crippen molar-refractivity contribution in [1.29, 1.82) is 0 Å². The molecule has 3 N–H and O–H groups in total. The van der Waals surface area contributed by atoms with Gasteiger partial charge >= 0.3 is 0 Å². The Kier molecular flexibility index (Phi) is 16.7. The van der Waals surface area contributed by atoms with Crippen molar-refractivity contribution in [2.45, 2.75) is 118 Å². The van der Waals surface area contributed by atoms with E-state index >= 15 is 0 Å². The van der Waals surface area contributed by atoms with Crippen LogP contribution in [0.15, 0.2) is 200 Å². The summed E-state index contributed by atoms with van der Waals surface area (Å²) in [7, 11) is 0. The highest BCUT2D eigenvalue weighted by Gasteiger charge is 2.28. The number of rotatable bonds is 12. The number of fused-ring (bicyclic) bond motifs is 6. The minimum absolute atomic E-state index is 0.0668. The number of hydrogen-bond acceptors (Lipinski definition) is 9. The minimum Gasteiger partial charge on any atom is -0.483 e. The topological polar surface area (TPSA) is 143 Å². The second kappa shape index (κ2) is 25.9. The summed E-state index contributed by atoms with van der Waals surface area (Å²) in [4.78, 5) is 43.3. The molecule has 0 aromatic heterocycles. The zero-order chi connectivity index (χ0) is 70.3. The molecule has 12 nitrogen and oxygen atoms in total. The van der Waals surface area contributed by atoms with Crippen LogP contribution in [0.1, 0.15) is 112 Å². The maximum atomic E-state index is 14.4. The molecule has 6 bridgehead atoms. The predicted molar refractivity (Wildman–Crippen MR) is 414 cm³/mol. The molecule has 1 heterocycles. The first-order chi connectivity index (χ1) is 49.1. The van der Waals surface area contributed by atoms with Crippen molar-refractivity contribution in [2.24, 2.45) is 0 Å². The van der Waals surface area contributed by atoms with Gasteiger partial charge in [-0.3, -0.25) is 14.4 Å². The molecule has 0 radical (unpaired) electrons. The van der Waals surface area contributed by atoms with Crippen LogP contribution in [-0.4, -0.2) is 37.5 Å². The van der Waals surface area contributed by atoms with E-state index in [4.69, 9.17) is 28.4 Å². The highest BCUT2D eigenvalue weighted by molar-refractivity contribution is 6.26. The largest absolute Gasteiger partial charge is 0.483 e. The highest BCUT2D eigenvalue weighted by atomic mass is 16.5. The summed E-state index contributed by atoms with van der Waals surface area (Å²) in [6.45, 7) is 18.9. The molecule has 0 saturated carbocycles. The molecule has 102 heavy (non-hydrogen) atoms. The van der Waals surface area contributed by atoms with E-state index in [1.807, 2.05) is 36.4 Å². The van der Waals surface area contributed by atoms with E-state index in [9.17, 15) is 14.4 Å². The fourth-order valence-corrected chi connectivity index (χ4v) is 15.1. The summed E-state index contributed by atoms with van der Waals surface area (Å²) < 4.78 is 41.2. The predicted octanol–water partition coefficient (Wildman–Crippen LogP) is 20.8. The Morgan fingerprint density at radius 1 is 0.284 bits per heavy atom. The molecule has 1 aliphatic heterocycles. The van der Waals surface area contributed by atoms with Gasteiger partial charge in [0, 0.05) is 50.4 Å². The van der Waals surface area contributed by atoms with Crippen LogP contribution in [0, 0.1) is 0 Å². The number of carbonyl (C=O) groups is 3. The Morgan fingerprint density at radius 2 is 0.471 bits per heavy atom. The van der Waals surface area contributed by atoms with Gasteiger partial charge in [0.15, 0.2) is 19.8 Å². The van der Waals surface area contributed by atoms with Crippen LogP contribution in [0.25, 0.3) is 97.0 Å². The second-order valence-corrected chi connectivity index (χ2v) is 30.6. The van der Waals surface area contributed by atoms with Crippen LogP contribution < -0.4 is 30.2 Å². The molecule has 0 saturated heterocycles. The first kappa shape index (κ1) is 65.7. The van der Waals surface area contributed by atoms with Crippen molar-refractivity contribution in [3.05, 3.63) is 250 Å². The van der Waals surface area contributed by atoms with Crippen molar-refractivity contribution in [2.75, 3.05) is 35.8 Å². The molecule has 0 atom stereocenters. The van der Waals surface area contributed by atoms with Gasteiger partial charge in [0.05, 0.1) is 39.6 Å². The van der Waals surface area contributed by atoms with Gasteiger partial charge in [0.25, 0.3) is 17.7 Å². The smallest absolute Gasteiger partial charge is 0.262 e. The average molecular weight is 1350 g/mol. The zero-order valence-electron chi connectivity index (χ0n) is 59.1. The van der Waals surface area contributed by atoms with Gasteiger partial charge in [-0.15, -0.1) is 0 Å². The molecule has 3 amide bonds. The first-order valence-corrected chi connectivity index (χ1v) is 35.1. The quantitative estimate of drug-likeness (QED) is 0.102. The number of benzene rings is 15. The van der Waals surface area contributed by atoms with Crippen molar-refractivity contribution in [3.8, 4) is 17.2 Å². The van der Waals surface area contributed by atoms with Crippen LogP contribution >= 0.6 is 0 Å². The average Bonchev–Trinajstić information content (AvgIpc) is 0.755. The molecular weight excluding hydrogens is 1270 g/mol. The monoisotopic (exact) mass is 1350 g/mol. The number of hydrogen-bond donors (Lipinski definition) is 3. The third kappa shape index (κ3) is 12.8. The lowest BCUT2D eigenvalue weighted by Crippen LogP contribution is -2.22. The number of anilines is 3. The lowest BCUT2D eigenvalue weighted by atomic mass is 9.84. The van der Waals surface area contributed by atoms with Crippen molar-refractivity contribution in [3.63, 3.8) is 0 Å². The molecule has 0 unspecified atom stereocenters. The van der Waals surface area contributed by atoms with Gasteiger partial charge in [0.2, 0.25) is 0 Å². The number of carbonyl (C=O) groups excluding carboxylic acids is 3. The van der Waals surface area contributed by atoms with E-state index in [1.54, 1.807) is 0 Å². The van der Waals surface area contributed by atoms with E-state index in [1.165, 1.54) is 48.5 Å². The SMILES string of the molecule is CC(C)(C)c1cc2c(OCC(=O)Nc3cc4ccc5cccc6ccc(c3)c4c56)c(c1)COCc1cc(C(C)(C)C)cc(c1OCC(=O)Nc1cc3ccc4cccc5ccc(c1)c3c45)COCc1cc(C(C)(C)C)cc(c1OCC(=O)Nc1cc3ccc4cccc5ccc(c1)c3c45)COC2. The molecule has 510 valence electrons. The summed E-state index contributed by atoms with van der Waals surface area (Å²) in [5, 5.41) is 29.7. The summed E-state index contributed by atoms with van der Waals surface area (Å²) in [5.41, 5.74) is 8.19. The molecule has 16 rings (SSSR count). The molecule has 0 spiro atoms. The van der Waals surface area contributed by atoms with Crippen LogP contribution in [0.2, 0.25) is 0 Å². The Hall–Kier alpha value is -10.9. The van der Waals surface area contributed by atoms with Crippen molar-refractivity contribution in [1.82, 2.24) is 0 Å². The molecular formula is C90H81N3O9. The van der Waals surface area contributed by atoms with Gasteiger partial charge in [-0.05, 0) is 203 Å². The van der Waals surface area contributed by atoms with E-state index in [0.717, 1.165) is 65.2 Å². The molecule has 0 fully saturated rings. The van der Waals surface area contributed by atoms with Crippen molar-refractivity contribution >= 4 is 132 Å². The summed E-state index contributed by atoms with van der Waals surface area (Å²) >= 11 is 0. The summed E-state index contributed by atoms with van der Waals surface area (Å²) in [6.07, 6.45) is 0. The number of ether oxygens (including phenoxy) is 6. The Labute approximate surface area is 592 Å². The highest BCUT2D eigenvalue weighted by Crippen LogP contribution is 2.43. The van der Waals surface area contributed by atoms with Crippen LogP contribution in [0.4, 0.5) is 17.1 Å². The third-order valence-electron chi connectivity index (χ3n) is 20.2. The number of nitrogens with one attached hydrogen (secondary N) is 3. The van der Waals surface area contributed by atoms with Gasteiger partial charge in [-0.25, -0.2) is 0 Å². The summed E-state index contributed by atoms with van der Waals surface area (Å²) in [6, 6.07) is 69.1. The molecule has 1 aliphatic rings. The summed E-state index contributed by atoms with van der Waals surface area (Å²) in [5.74, 6) is 0.342. The maximum Gasteiger partial charge on any atom is 0.262 e.